The molecule has 1 unspecified atom stereocenters. The molecular weight excluding hydrogens is 387 g/mol. The highest BCUT2D eigenvalue weighted by Gasteiger charge is 2.13. The predicted octanol–water partition coefficient (Wildman–Crippen LogP) is 6.41. The second kappa shape index (κ2) is 10.3. The van der Waals surface area contributed by atoms with Crippen molar-refractivity contribution in [2.24, 2.45) is 5.92 Å². The van der Waals surface area contributed by atoms with Gasteiger partial charge < -0.3 is 5.11 Å². The minimum absolute atomic E-state index is 0.0277. The highest BCUT2D eigenvalue weighted by molar-refractivity contribution is 5.79. The highest BCUT2D eigenvalue weighted by Crippen LogP contribution is 2.29. The molecule has 0 radical (unpaired) electrons. The van der Waals surface area contributed by atoms with E-state index in [0.717, 1.165) is 39.8 Å². The van der Waals surface area contributed by atoms with Crippen molar-refractivity contribution in [2.75, 3.05) is 6.61 Å². The minimum Gasteiger partial charge on any atom is -0.396 e. The maximum Gasteiger partial charge on any atom is 0.135 e. The lowest BCUT2D eigenvalue weighted by molar-refractivity contribution is -0.122. The Morgan fingerprint density at radius 1 is 0.968 bits per heavy atom. The third kappa shape index (κ3) is 5.56. The van der Waals surface area contributed by atoms with Gasteiger partial charge in [-0.2, -0.15) is 0 Å². The van der Waals surface area contributed by atoms with Crippen LogP contribution in [0.15, 0.2) is 60.7 Å². The monoisotopic (exact) mass is 416 g/mol. The van der Waals surface area contributed by atoms with Crippen molar-refractivity contribution in [3.8, 4) is 11.1 Å². The number of hydrogen-bond acceptors (Lipinski definition) is 2. The average Bonchev–Trinajstić information content (AvgIpc) is 2.75. The van der Waals surface area contributed by atoms with Crippen LogP contribution in [0.25, 0.3) is 23.3 Å². The van der Waals surface area contributed by atoms with Gasteiger partial charge in [0.2, 0.25) is 0 Å². The van der Waals surface area contributed by atoms with Gasteiger partial charge in [-0.3, -0.25) is 4.79 Å². The fourth-order valence-corrected chi connectivity index (χ4v) is 3.77. The van der Waals surface area contributed by atoms with Gasteiger partial charge in [0, 0.05) is 11.5 Å². The first-order valence-corrected chi connectivity index (χ1v) is 10.6. The number of halogens is 1. The van der Waals surface area contributed by atoms with E-state index in [1.165, 1.54) is 13.0 Å². The van der Waals surface area contributed by atoms with Crippen molar-refractivity contribution in [1.29, 1.82) is 0 Å². The molecule has 0 aliphatic carbocycles. The Morgan fingerprint density at radius 3 is 2.39 bits per heavy atom. The number of aryl methyl sites for hydroxylation is 2. The van der Waals surface area contributed by atoms with E-state index in [1.54, 1.807) is 12.1 Å². The van der Waals surface area contributed by atoms with E-state index >= 15 is 0 Å². The van der Waals surface area contributed by atoms with E-state index in [2.05, 4.69) is 37.3 Å². The quantitative estimate of drug-likeness (QED) is 0.431. The van der Waals surface area contributed by atoms with Crippen molar-refractivity contribution in [2.45, 2.75) is 33.6 Å². The molecule has 0 fully saturated rings. The first-order valence-electron chi connectivity index (χ1n) is 10.6. The minimum atomic E-state index is -0.302. The number of Topliss-reactive ketones (excluding diaryl/α,β-unsaturated/α-hetero) is 1. The molecule has 3 aromatic carbocycles. The molecular formula is C28H29FO2. The topological polar surface area (TPSA) is 37.3 Å². The lowest BCUT2D eigenvalue weighted by Gasteiger charge is -2.12. The molecule has 1 atom stereocenters. The Balaban J connectivity index is 1.84. The van der Waals surface area contributed by atoms with Gasteiger partial charge in [0.25, 0.3) is 0 Å². The van der Waals surface area contributed by atoms with Crippen molar-refractivity contribution in [3.63, 3.8) is 0 Å². The molecule has 2 nitrogen and oxygen atoms in total. The molecule has 1 N–H and O–H groups in total. The first-order chi connectivity index (χ1) is 14.9. The normalized spacial score (nSPS) is 12.3. The van der Waals surface area contributed by atoms with E-state index in [1.807, 2.05) is 31.2 Å². The molecule has 0 aliphatic heterocycles. The summed E-state index contributed by atoms with van der Waals surface area (Å²) in [6.45, 7) is 5.51. The number of ketones is 1. The molecule has 0 bridgehead atoms. The molecule has 0 heterocycles. The molecule has 0 saturated heterocycles. The van der Waals surface area contributed by atoms with E-state index in [9.17, 15) is 14.3 Å². The lowest BCUT2D eigenvalue weighted by Crippen LogP contribution is -2.16. The summed E-state index contributed by atoms with van der Waals surface area (Å²) in [7, 11) is 0. The van der Waals surface area contributed by atoms with E-state index < -0.39 is 0 Å². The Labute approximate surface area is 184 Å². The summed E-state index contributed by atoms with van der Waals surface area (Å²) in [4.78, 5) is 11.6. The number of hydrogen-bond donors (Lipinski definition) is 1. The van der Waals surface area contributed by atoms with Crippen LogP contribution in [-0.2, 0) is 11.2 Å². The molecule has 3 rings (SSSR count). The Kier molecular flexibility index (Phi) is 7.54. The maximum absolute atomic E-state index is 14.3. The number of carbonyl (C=O) groups is 1. The zero-order valence-corrected chi connectivity index (χ0v) is 18.4. The summed E-state index contributed by atoms with van der Waals surface area (Å²) >= 11 is 0. The smallest absolute Gasteiger partial charge is 0.135 e. The van der Waals surface area contributed by atoms with Crippen LogP contribution in [0.2, 0.25) is 0 Å². The first kappa shape index (κ1) is 22.6. The van der Waals surface area contributed by atoms with Gasteiger partial charge in [-0.25, -0.2) is 4.39 Å². The molecule has 0 spiro atoms. The summed E-state index contributed by atoms with van der Waals surface area (Å²) in [6, 6.07) is 19.1. The molecule has 0 aliphatic rings. The van der Waals surface area contributed by atoms with Crippen LogP contribution in [0.3, 0.4) is 0 Å². The molecule has 0 amide bonds. The molecule has 3 heteroatoms. The van der Waals surface area contributed by atoms with Crippen molar-refractivity contribution in [3.05, 3.63) is 94.3 Å². The van der Waals surface area contributed by atoms with Gasteiger partial charge in [0.1, 0.15) is 11.6 Å². The highest BCUT2D eigenvalue weighted by atomic mass is 19.1. The second-order valence-electron chi connectivity index (χ2n) is 8.05. The van der Waals surface area contributed by atoms with E-state index in [-0.39, 0.29) is 24.1 Å². The van der Waals surface area contributed by atoms with Gasteiger partial charge in [0.15, 0.2) is 0 Å². The third-order valence-corrected chi connectivity index (χ3v) is 5.90. The van der Waals surface area contributed by atoms with Crippen LogP contribution < -0.4 is 0 Å². The largest absolute Gasteiger partial charge is 0.396 e. The van der Waals surface area contributed by atoms with E-state index in [4.69, 9.17) is 0 Å². The Morgan fingerprint density at radius 2 is 1.68 bits per heavy atom. The fourth-order valence-electron chi connectivity index (χ4n) is 3.77. The van der Waals surface area contributed by atoms with Gasteiger partial charge in [0.05, 0.1) is 6.61 Å². The molecule has 160 valence electrons. The maximum atomic E-state index is 14.3. The Bertz CT molecular complexity index is 1100. The van der Waals surface area contributed by atoms with Crippen LogP contribution in [0, 0.1) is 25.6 Å². The van der Waals surface area contributed by atoms with Gasteiger partial charge in [-0.05, 0) is 73.1 Å². The standard InChI is InChI=1S/C28H29FO2/c1-19-11-12-22(13-14-25(18-30)21(3)31)17-24(19)16-15-23-7-6-9-26(20(23)2)27-8-4-5-10-28(27)29/h4-12,15-17,25,30H,13-14,18H2,1-3H3/b16-15+. The van der Waals surface area contributed by atoms with Gasteiger partial charge in [-0.15, -0.1) is 0 Å². The summed E-state index contributed by atoms with van der Waals surface area (Å²) in [5.74, 6) is -0.494. The van der Waals surface area contributed by atoms with Gasteiger partial charge >= 0.3 is 0 Å². The SMILES string of the molecule is CC(=O)C(CO)CCc1ccc(C)c(/C=C/c2cccc(-c3ccccc3F)c2C)c1. The van der Waals surface area contributed by atoms with Crippen LogP contribution in [-0.4, -0.2) is 17.5 Å². The predicted molar refractivity (Wildman–Crippen MR) is 126 cm³/mol. The van der Waals surface area contributed by atoms with Crippen LogP contribution >= 0.6 is 0 Å². The number of rotatable bonds is 8. The number of carbonyl (C=O) groups excluding carboxylic acids is 1. The molecule has 0 aromatic heterocycles. The second-order valence-corrected chi connectivity index (χ2v) is 8.05. The Hall–Kier alpha value is -3.04. The zero-order valence-electron chi connectivity index (χ0n) is 18.4. The zero-order chi connectivity index (χ0) is 22.4. The third-order valence-electron chi connectivity index (χ3n) is 5.90. The van der Waals surface area contributed by atoms with Crippen LogP contribution in [0.5, 0.6) is 0 Å². The van der Waals surface area contributed by atoms with Gasteiger partial charge in [-0.1, -0.05) is 66.7 Å². The molecule has 0 saturated carbocycles. The summed E-state index contributed by atoms with van der Waals surface area (Å²) in [5.41, 5.74) is 6.99. The number of aliphatic hydroxyl groups is 1. The van der Waals surface area contributed by atoms with E-state index in [0.29, 0.717) is 12.0 Å². The van der Waals surface area contributed by atoms with Crippen LogP contribution in [0.4, 0.5) is 4.39 Å². The average molecular weight is 417 g/mol. The number of benzene rings is 3. The van der Waals surface area contributed by atoms with Crippen molar-refractivity contribution >= 4 is 17.9 Å². The van der Waals surface area contributed by atoms with Crippen molar-refractivity contribution < 1.29 is 14.3 Å². The summed E-state index contributed by atoms with van der Waals surface area (Å²) in [6.07, 6.45) is 5.54. The summed E-state index contributed by atoms with van der Waals surface area (Å²) < 4.78 is 14.3. The lowest BCUT2D eigenvalue weighted by atomic mass is 9.94. The molecule has 3 aromatic rings. The van der Waals surface area contributed by atoms with Crippen LogP contribution in [0.1, 0.15) is 41.2 Å². The fraction of sp³-hybridized carbons (Fsp3) is 0.250. The number of aliphatic hydroxyl groups excluding tert-OH is 1. The summed E-state index contributed by atoms with van der Waals surface area (Å²) in [5, 5.41) is 9.38. The molecule has 31 heavy (non-hydrogen) atoms. The van der Waals surface area contributed by atoms with Crippen molar-refractivity contribution in [1.82, 2.24) is 0 Å².